The summed E-state index contributed by atoms with van der Waals surface area (Å²) in [6.45, 7) is 7.63. The Morgan fingerprint density at radius 1 is 1.12 bits per heavy atom. The molecule has 0 fully saturated rings. The van der Waals surface area contributed by atoms with Crippen LogP contribution in [0.5, 0.6) is 5.75 Å². The Labute approximate surface area is 151 Å². The first-order chi connectivity index (χ1) is 12.3. The highest BCUT2D eigenvalue weighted by atomic mass is 16.5. The van der Waals surface area contributed by atoms with Crippen LogP contribution < -0.4 is 4.74 Å². The number of aromatic nitrogens is 3. The Hall–Kier alpha value is -3.15. The maximum Gasteiger partial charge on any atom is 0.378 e. The van der Waals surface area contributed by atoms with E-state index in [2.05, 4.69) is 10.2 Å². The maximum atomic E-state index is 11.9. The minimum Gasteiger partial charge on any atom is -0.502 e. The molecular formula is C20H21N3O3. The summed E-state index contributed by atoms with van der Waals surface area (Å²) in [5.41, 5.74) is 2.90. The Morgan fingerprint density at radius 2 is 1.73 bits per heavy atom. The quantitative estimate of drug-likeness (QED) is 0.333. The number of rotatable bonds is 3. The topological polar surface area (TPSA) is 77.2 Å². The third-order valence-electron chi connectivity index (χ3n) is 3.97. The van der Waals surface area contributed by atoms with Crippen molar-refractivity contribution in [3.05, 3.63) is 59.9 Å². The van der Waals surface area contributed by atoms with Gasteiger partial charge < -0.3 is 9.84 Å². The summed E-state index contributed by atoms with van der Waals surface area (Å²) in [7, 11) is 0. The minimum absolute atomic E-state index is 0.288. The van der Waals surface area contributed by atoms with Gasteiger partial charge in [-0.1, -0.05) is 32.9 Å². The third-order valence-corrected chi connectivity index (χ3v) is 3.97. The van der Waals surface area contributed by atoms with Crippen molar-refractivity contribution in [2.45, 2.75) is 33.1 Å². The highest BCUT2D eigenvalue weighted by molar-refractivity contribution is 5.87. The van der Waals surface area contributed by atoms with Gasteiger partial charge >= 0.3 is 5.97 Å². The smallest absolute Gasteiger partial charge is 0.378 e. The Bertz CT molecular complexity index is 964. The zero-order valence-corrected chi connectivity index (χ0v) is 15.2. The predicted octanol–water partition coefficient (Wildman–Crippen LogP) is 4.09. The van der Waals surface area contributed by atoms with Crippen LogP contribution in [0.4, 0.5) is 0 Å². The van der Waals surface area contributed by atoms with Gasteiger partial charge in [0.2, 0.25) is 0 Å². The average Bonchev–Trinajstić information content (AvgIpc) is 3.04. The first kappa shape index (κ1) is 17.7. The SMILES string of the molecule is CC=C(O)C(=O)Oc1ccc(-n2nc3ccccc3n2)cc1C(C)(C)C. The van der Waals surface area contributed by atoms with E-state index in [1.807, 2.05) is 51.1 Å². The molecule has 0 atom stereocenters. The predicted molar refractivity (Wildman–Crippen MR) is 99.6 cm³/mol. The van der Waals surface area contributed by atoms with Crippen molar-refractivity contribution in [2.24, 2.45) is 0 Å². The fraction of sp³-hybridized carbons (Fsp3) is 0.250. The van der Waals surface area contributed by atoms with E-state index in [-0.39, 0.29) is 5.41 Å². The van der Waals surface area contributed by atoms with E-state index in [0.717, 1.165) is 22.3 Å². The van der Waals surface area contributed by atoms with Crippen molar-refractivity contribution in [2.75, 3.05) is 0 Å². The van der Waals surface area contributed by atoms with Crippen LogP contribution in [0.3, 0.4) is 0 Å². The van der Waals surface area contributed by atoms with Crippen LogP contribution in [0.15, 0.2) is 54.3 Å². The zero-order valence-electron chi connectivity index (χ0n) is 15.2. The molecule has 0 aliphatic rings. The second-order valence-electron chi connectivity index (χ2n) is 6.97. The number of aliphatic hydroxyl groups is 1. The summed E-state index contributed by atoms with van der Waals surface area (Å²) in [5.74, 6) is -0.806. The largest absolute Gasteiger partial charge is 0.502 e. The van der Waals surface area contributed by atoms with Crippen molar-refractivity contribution in [3.63, 3.8) is 0 Å². The van der Waals surface area contributed by atoms with Crippen LogP contribution in [0.2, 0.25) is 0 Å². The van der Waals surface area contributed by atoms with Gasteiger partial charge in [0.05, 0.1) is 5.69 Å². The summed E-state index contributed by atoms with van der Waals surface area (Å²) in [6, 6.07) is 13.0. The van der Waals surface area contributed by atoms with E-state index in [1.54, 1.807) is 23.9 Å². The van der Waals surface area contributed by atoms with Crippen LogP contribution in [0.25, 0.3) is 16.7 Å². The van der Waals surface area contributed by atoms with Crippen LogP contribution >= 0.6 is 0 Å². The number of fused-ring (bicyclic) bond motifs is 1. The minimum atomic E-state index is -0.784. The number of aliphatic hydroxyl groups excluding tert-OH is 1. The van der Waals surface area contributed by atoms with Gasteiger partial charge in [-0.05, 0) is 48.7 Å². The van der Waals surface area contributed by atoms with Crippen molar-refractivity contribution in [1.82, 2.24) is 15.0 Å². The maximum absolute atomic E-state index is 11.9. The molecule has 1 N–H and O–H groups in total. The fourth-order valence-corrected chi connectivity index (χ4v) is 2.56. The lowest BCUT2D eigenvalue weighted by atomic mass is 9.86. The number of hydrogen-bond acceptors (Lipinski definition) is 5. The average molecular weight is 351 g/mol. The van der Waals surface area contributed by atoms with Crippen molar-refractivity contribution in [1.29, 1.82) is 0 Å². The molecule has 3 rings (SSSR count). The zero-order chi connectivity index (χ0) is 18.9. The molecule has 0 unspecified atom stereocenters. The molecular weight excluding hydrogens is 330 g/mol. The number of hydrogen-bond donors (Lipinski definition) is 1. The molecule has 1 heterocycles. The number of nitrogens with zero attached hydrogens (tertiary/aromatic N) is 3. The molecule has 0 aliphatic heterocycles. The van der Waals surface area contributed by atoms with Crippen molar-refractivity contribution < 1.29 is 14.6 Å². The van der Waals surface area contributed by atoms with Gasteiger partial charge in [0.15, 0.2) is 5.76 Å². The summed E-state index contributed by atoms with van der Waals surface area (Å²) in [6.07, 6.45) is 1.30. The van der Waals surface area contributed by atoms with E-state index in [0.29, 0.717) is 5.75 Å². The van der Waals surface area contributed by atoms with E-state index in [9.17, 15) is 9.90 Å². The number of ether oxygens (including phenoxy) is 1. The van der Waals surface area contributed by atoms with E-state index in [1.165, 1.54) is 6.08 Å². The Kier molecular flexibility index (Phi) is 4.50. The number of allylic oxidation sites excluding steroid dienone is 1. The normalized spacial score (nSPS) is 12.4. The van der Waals surface area contributed by atoms with Gasteiger partial charge in [-0.25, -0.2) is 4.79 Å². The first-order valence-electron chi connectivity index (χ1n) is 8.34. The second kappa shape index (κ2) is 6.63. The molecule has 0 aliphatic carbocycles. The number of esters is 1. The van der Waals surface area contributed by atoms with Gasteiger partial charge in [0.25, 0.3) is 0 Å². The molecule has 6 heteroatoms. The lowest BCUT2D eigenvalue weighted by Gasteiger charge is -2.23. The van der Waals surface area contributed by atoms with Gasteiger partial charge in [0.1, 0.15) is 16.8 Å². The first-order valence-corrected chi connectivity index (χ1v) is 8.34. The van der Waals surface area contributed by atoms with Crippen LogP contribution in [-0.4, -0.2) is 26.1 Å². The molecule has 1 aromatic heterocycles. The second-order valence-corrected chi connectivity index (χ2v) is 6.97. The Morgan fingerprint density at radius 3 is 2.27 bits per heavy atom. The highest BCUT2D eigenvalue weighted by Gasteiger charge is 2.23. The molecule has 0 amide bonds. The molecule has 0 radical (unpaired) electrons. The monoisotopic (exact) mass is 351 g/mol. The molecule has 0 saturated carbocycles. The number of carbonyl (C=O) groups is 1. The third kappa shape index (κ3) is 3.44. The van der Waals surface area contributed by atoms with E-state index < -0.39 is 11.7 Å². The standard InChI is InChI=1S/C20H21N3O3/c1-5-17(24)19(25)26-18-11-10-13(12-14(18)20(2,3)4)23-21-15-8-6-7-9-16(15)22-23/h5-12,24H,1-4H3. The molecule has 6 nitrogen and oxygen atoms in total. The van der Waals surface area contributed by atoms with Crippen molar-refractivity contribution >= 4 is 17.0 Å². The summed E-state index contributed by atoms with van der Waals surface area (Å²) >= 11 is 0. The van der Waals surface area contributed by atoms with Crippen LogP contribution in [0.1, 0.15) is 33.3 Å². The number of carbonyl (C=O) groups excluding carboxylic acids is 1. The number of benzene rings is 2. The summed E-state index contributed by atoms with van der Waals surface area (Å²) in [4.78, 5) is 13.5. The molecule has 0 bridgehead atoms. The van der Waals surface area contributed by atoms with Crippen LogP contribution in [-0.2, 0) is 10.2 Å². The molecule has 26 heavy (non-hydrogen) atoms. The highest BCUT2D eigenvalue weighted by Crippen LogP contribution is 2.33. The lowest BCUT2D eigenvalue weighted by Crippen LogP contribution is -2.18. The van der Waals surface area contributed by atoms with E-state index in [4.69, 9.17) is 4.74 Å². The molecule has 3 aromatic rings. The molecule has 2 aromatic carbocycles. The van der Waals surface area contributed by atoms with Crippen molar-refractivity contribution in [3.8, 4) is 11.4 Å². The van der Waals surface area contributed by atoms with Gasteiger partial charge in [0, 0.05) is 5.56 Å². The lowest BCUT2D eigenvalue weighted by molar-refractivity contribution is -0.133. The van der Waals surface area contributed by atoms with E-state index >= 15 is 0 Å². The Balaban J connectivity index is 2.05. The summed E-state index contributed by atoms with van der Waals surface area (Å²) < 4.78 is 5.37. The fourth-order valence-electron chi connectivity index (χ4n) is 2.56. The molecule has 0 saturated heterocycles. The summed E-state index contributed by atoms with van der Waals surface area (Å²) in [5, 5.41) is 18.5. The van der Waals surface area contributed by atoms with Crippen LogP contribution in [0, 0.1) is 0 Å². The molecule has 0 spiro atoms. The van der Waals surface area contributed by atoms with Gasteiger partial charge in [-0.15, -0.1) is 10.2 Å². The molecule has 134 valence electrons. The van der Waals surface area contributed by atoms with Gasteiger partial charge in [-0.3, -0.25) is 0 Å². The van der Waals surface area contributed by atoms with Gasteiger partial charge in [-0.2, -0.15) is 4.80 Å².